The van der Waals surface area contributed by atoms with Gasteiger partial charge in [-0.3, -0.25) is 0 Å². The molecule has 0 bridgehead atoms. The Hall–Kier alpha value is -0.0800. The minimum absolute atomic E-state index is 0.545. The van der Waals surface area contributed by atoms with Gasteiger partial charge in [0.15, 0.2) is 0 Å². The van der Waals surface area contributed by atoms with Gasteiger partial charge in [0.05, 0.1) is 6.10 Å². The minimum atomic E-state index is 0.545. The molecule has 15 heavy (non-hydrogen) atoms. The van der Waals surface area contributed by atoms with E-state index < -0.39 is 0 Å². The summed E-state index contributed by atoms with van der Waals surface area (Å²) in [4.78, 5) is 0. The molecule has 0 aromatic carbocycles. The Kier molecular flexibility index (Phi) is 4.04. The zero-order valence-electron chi connectivity index (χ0n) is 10.2. The third-order valence-corrected chi connectivity index (χ3v) is 4.10. The summed E-state index contributed by atoms with van der Waals surface area (Å²) in [7, 11) is 0. The van der Waals surface area contributed by atoms with Crippen LogP contribution in [0, 0.1) is 5.92 Å². The SMILES string of the molecule is CCOC1CC(N[C@H](C)C2CCCC2)C1. The Morgan fingerprint density at radius 1 is 1.27 bits per heavy atom. The average Bonchev–Trinajstić information content (AvgIpc) is 2.67. The van der Waals surface area contributed by atoms with Gasteiger partial charge in [-0.1, -0.05) is 12.8 Å². The summed E-state index contributed by atoms with van der Waals surface area (Å²) in [6, 6.07) is 1.46. The van der Waals surface area contributed by atoms with Gasteiger partial charge in [-0.15, -0.1) is 0 Å². The van der Waals surface area contributed by atoms with E-state index in [1.165, 1.54) is 38.5 Å². The predicted octanol–water partition coefficient (Wildman–Crippen LogP) is 2.72. The Balaban J connectivity index is 1.61. The second-order valence-corrected chi connectivity index (χ2v) is 5.25. The summed E-state index contributed by atoms with van der Waals surface area (Å²) < 4.78 is 5.58. The lowest BCUT2D eigenvalue weighted by Crippen LogP contribution is -2.50. The lowest BCUT2D eigenvalue weighted by Gasteiger charge is -2.38. The second-order valence-electron chi connectivity index (χ2n) is 5.25. The van der Waals surface area contributed by atoms with E-state index in [0.29, 0.717) is 6.10 Å². The number of hydrogen-bond acceptors (Lipinski definition) is 2. The highest BCUT2D eigenvalue weighted by atomic mass is 16.5. The van der Waals surface area contributed by atoms with Gasteiger partial charge < -0.3 is 10.1 Å². The first-order chi connectivity index (χ1) is 7.29. The fourth-order valence-electron chi connectivity index (χ4n) is 3.04. The van der Waals surface area contributed by atoms with E-state index in [0.717, 1.165) is 24.6 Å². The highest BCUT2D eigenvalue weighted by Gasteiger charge is 2.32. The van der Waals surface area contributed by atoms with Crippen molar-refractivity contribution in [3.8, 4) is 0 Å². The van der Waals surface area contributed by atoms with E-state index >= 15 is 0 Å². The van der Waals surface area contributed by atoms with Crippen molar-refractivity contribution in [2.24, 2.45) is 5.92 Å². The fraction of sp³-hybridized carbons (Fsp3) is 1.00. The number of ether oxygens (including phenoxy) is 1. The summed E-state index contributed by atoms with van der Waals surface area (Å²) in [5, 5.41) is 3.77. The summed E-state index contributed by atoms with van der Waals surface area (Å²) in [6.07, 6.45) is 8.77. The zero-order valence-corrected chi connectivity index (χ0v) is 10.2. The van der Waals surface area contributed by atoms with Gasteiger partial charge in [0.2, 0.25) is 0 Å². The van der Waals surface area contributed by atoms with E-state index in [2.05, 4.69) is 19.2 Å². The van der Waals surface area contributed by atoms with Crippen molar-refractivity contribution in [1.82, 2.24) is 5.32 Å². The summed E-state index contributed by atoms with van der Waals surface area (Å²) in [5.41, 5.74) is 0. The van der Waals surface area contributed by atoms with Crippen LogP contribution in [0.1, 0.15) is 52.4 Å². The predicted molar refractivity (Wildman–Crippen MR) is 63.0 cm³/mol. The molecule has 2 fully saturated rings. The van der Waals surface area contributed by atoms with Crippen molar-refractivity contribution in [3.63, 3.8) is 0 Å². The summed E-state index contributed by atoms with van der Waals surface area (Å²) in [6.45, 7) is 5.32. The monoisotopic (exact) mass is 211 g/mol. The largest absolute Gasteiger partial charge is 0.378 e. The third kappa shape index (κ3) is 2.94. The van der Waals surface area contributed by atoms with Crippen molar-refractivity contribution in [2.75, 3.05) is 6.61 Å². The van der Waals surface area contributed by atoms with Crippen LogP contribution in [0.3, 0.4) is 0 Å². The minimum Gasteiger partial charge on any atom is -0.378 e. The van der Waals surface area contributed by atoms with Gasteiger partial charge in [-0.05, 0) is 45.4 Å². The first kappa shape index (κ1) is 11.4. The van der Waals surface area contributed by atoms with Crippen molar-refractivity contribution in [2.45, 2.75) is 70.6 Å². The number of rotatable bonds is 5. The molecule has 0 aromatic heterocycles. The average molecular weight is 211 g/mol. The molecule has 0 heterocycles. The van der Waals surface area contributed by atoms with Crippen LogP contribution in [0.25, 0.3) is 0 Å². The maximum atomic E-state index is 5.58. The van der Waals surface area contributed by atoms with Gasteiger partial charge in [0, 0.05) is 18.7 Å². The van der Waals surface area contributed by atoms with Gasteiger partial charge in [0.1, 0.15) is 0 Å². The van der Waals surface area contributed by atoms with Crippen molar-refractivity contribution in [3.05, 3.63) is 0 Å². The van der Waals surface area contributed by atoms with Crippen LogP contribution in [0.5, 0.6) is 0 Å². The Morgan fingerprint density at radius 3 is 2.53 bits per heavy atom. The lowest BCUT2D eigenvalue weighted by atomic mass is 9.87. The maximum Gasteiger partial charge on any atom is 0.0604 e. The molecule has 1 atom stereocenters. The molecule has 0 radical (unpaired) electrons. The molecule has 2 nitrogen and oxygen atoms in total. The number of hydrogen-bond donors (Lipinski definition) is 1. The standard InChI is InChI=1S/C13H25NO/c1-3-15-13-8-12(9-13)14-10(2)11-6-4-5-7-11/h10-14H,3-9H2,1-2H3/t10-,12?,13?/m1/s1. The van der Waals surface area contributed by atoms with Gasteiger partial charge >= 0.3 is 0 Å². The first-order valence-corrected chi connectivity index (χ1v) is 6.67. The third-order valence-electron chi connectivity index (χ3n) is 4.10. The molecule has 2 rings (SSSR count). The second kappa shape index (κ2) is 5.31. The molecule has 88 valence electrons. The molecule has 2 saturated carbocycles. The van der Waals surface area contributed by atoms with Crippen LogP contribution < -0.4 is 5.32 Å². The highest BCUT2D eigenvalue weighted by Crippen LogP contribution is 2.30. The van der Waals surface area contributed by atoms with E-state index in [9.17, 15) is 0 Å². The highest BCUT2D eigenvalue weighted by molar-refractivity contribution is 4.89. The van der Waals surface area contributed by atoms with Gasteiger partial charge in [-0.2, -0.15) is 0 Å². The molecule has 2 heteroatoms. The molecule has 0 saturated heterocycles. The van der Waals surface area contributed by atoms with E-state index in [1.54, 1.807) is 0 Å². The summed E-state index contributed by atoms with van der Waals surface area (Å²) >= 11 is 0. The Morgan fingerprint density at radius 2 is 1.93 bits per heavy atom. The van der Waals surface area contributed by atoms with Crippen LogP contribution in [0.2, 0.25) is 0 Å². The number of nitrogens with one attached hydrogen (secondary N) is 1. The Labute approximate surface area is 93.8 Å². The van der Waals surface area contributed by atoms with Crippen LogP contribution in [-0.4, -0.2) is 24.8 Å². The molecular formula is C13H25NO. The molecule has 2 aliphatic rings. The van der Waals surface area contributed by atoms with Crippen LogP contribution >= 0.6 is 0 Å². The molecule has 0 aliphatic heterocycles. The van der Waals surface area contributed by atoms with E-state index in [4.69, 9.17) is 4.74 Å². The summed E-state index contributed by atoms with van der Waals surface area (Å²) in [5.74, 6) is 0.941. The van der Waals surface area contributed by atoms with Crippen molar-refractivity contribution in [1.29, 1.82) is 0 Å². The topological polar surface area (TPSA) is 21.3 Å². The Bertz CT molecular complexity index is 183. The lowest BCUT2D eigenvalue weighted by molar-refractivity contribution is -0.0134. The normalized spacial score (nSPS) is 34.0. The van der Waals surface area contributed by atoms with Gasteiger partial charge in [0.25, 0.3) is 0 Å². The first-order valence-electron chi connectivity index (χ1n) is 6.67. The maximum absolute atomic E-state index is 5.58. The molecule has 0 amide bonds. The quantitative estimate of drug-likeness (QED) is 0.755. The molecule has 1 N–H and O–H groups in total. The molecular weight excluding hydrogens is 186 g/mol. The van der Waals surface area contributed by atoms with Gasteiger partial charge in [-0.25, -0.2) is 0 Å². The van der Waals surface area contributed by atoms with Crippen LogP contribution in [-0.2, 0) is 4.74 Å². The molecule has 0 aromatic rings. The molecule has 0 unspecified atom stereocenters. The van der Waals surface area contributed by atoms with E-state index in [1.807, 2.05) is 0 Å². The van der Waals surface area contributed by atoms with Crippen molar-refractivity contribution < 1.29 is 4.74 Å². The van der Waals surface area contributed by atoms with Crippen LogP contribution in [0.15, 0.2) is 0 Å². The molecule has 0 spiro atoms. The van der Waals surface area contributed by atoms with Crippen molar-refractivity contribution >= 4 is 0 Å². The molecule has 2 aliphatic carbocycles. The fourth-order valence-corrected chi connectivity index (χ4v) is 3.04. The van der Waals surface area contributed by atoms with E-state index in [-0.39, 0.29) is 0 Å². The van der Waals surface area contributed by atoms with Crippen LogP contribution in [0.4, 0.5) is 0 Å². The smallest absolute Gasteiger partial charge is 0.0604 e. The zero-order chi connectivity index (χ0) is 10.7.